The van der Waals surface area contributed by atoms with Crippen LogP contribution in [0.2, 0.25) is 0 Å². The van der Waals surface area contributed by atoms with E-state index in [1.807, 2.05) is 19.3 Å². The Morgan fingerprint density at radius 3 is 3.00 bits per heavy atom. The van der Waals surface area contributed by atoms with Crippen LogP contribution in [0.3, 0.4) is 0 Å². The van der Waals surface area contributed by atoms with Gasteiger partial charge in [0.25, 0.3) is 0 Å². The monoisotopic (exact) mass is 208 g/mol. The summed E-state index contributed by atoms with van der Waals surface area (Å²) >= 11 is 0. The van der Waals surface area contributed by atoms with E-state index in [2.05, 4.69) is 27.5 Å². The minimum absolute atomic E-state index is 0.654. The summed E-state index contributed by atoms with van der Waals surface area (Å²) in [6.07, 6.45) is 4.87. The van der Waals surface area contributed by atoms with Crippen LogP contribution in [0.1, 0.15) is 20.3 Å². The number of nitrogens with one attached hydrogen (secondary N) is 2. The molecule has 0 saturated carbocycles. The molecule has 1 aliphatic rings. The Labute approximate surface area is 91.6 Å². The maximum absolute atomic E-state index is 4.31. The van der Waals surface area contributed by atoms with Gasteiger partial charge in [-0.1, -0.05) is 6.92 Å². The molecule has 4 nitrogen and oxygen atoms in total. The van der Waals surface area contributed by atoms with Crippen molar-refractivity contribution in [3.8, 4) is 0 Å². The standard InChI is InChI=1S/C11H20N4/c1-3-4-12-5-6-14-11-9-13-7-10(2)8-15-11/h7-8,12H,3-6,9H2,1-2H3,(H,14,15). The summed E-state index contributed by atoms with van der Waals surface area (Å²) in [6, 6.07) is 0. The quantitative estimate of drug-likeness (QED) is 0.661. The first kappa shape index (κ1) is 11.9. The average molecular weight is 208 g/mol. The molecule has 0 fully saturated rings. The Hall–Kier alpha value is -1.16. The van der Waals surface area contributed by atoms with Gasteiger partial charge in [-0.3, -0.25) is 4.99 Å². The van der Waals surface area contributed by atoms with Gasteiger partial charge in [-0.05, 0) is 25.5 Å². The SMILES string of the molecule is CCCNCCNC1=NC=C(C)C=NC1. The number of hydrogen-bond acceptors (Lipinski definition) is 4. The van der Waals surface area contributed by atoms with Gasteiger partial charge in [0, 0.05) is 25.5 Å². The molecular weight excluding hydrogens is 188 g/mol. The molecule has 0 radical (unpaired) electrons. The smallest absolute Gasteiger partial charge is 0.123 e. The summed E-state index contributed by atoms with van der Waals surface area (Å²) in [5, 5.41) is 6.60. The van der Waals surface area contributed by atoms with Gasteiger partial charge in [-0.15, -0.1) is 0 Å². The molecule has 15 heavy (non-hydrogen) atoms. The maximum Gasteiger partial charge on any atom is 0.123 e. The molecule has 0 aromatic carbocycles. The number of allylic oxidation sites excluding steroid dienone is 1. The molecule has 0 saturated heterocycles. The van der Waals surface area contributed by atoms with E-state index in [-0.39, 0.29) is 0 Å². The summed E-state index contributed by atoms with van der Waals surface area (Å²) in [6.45, 7) is 7.77. The molecule has 1 heterocycles. The van der Waals surface area contributed by atoms with E-state index < -0.39 is 0 Å². The van der Waals surface area contributed by atoms with Crippen molar-refractivity contribution in [2.45, 2.75) is 20.3 Å². The zero-order chi connectivity index (χ0) is 10.9. The fourth-order valence-electron chi connectivity index (χ4n) is 1.23. The lowest BCUT2D eigenvalue weighted by Crippen LogP contribution is -2.33. The van der Waals surface area contributed by atoms with Gasteiger partial charge >= 0.3 is 0 Å². The highest BCUT2D eigenvalue weighted by Crippen LogP contribution is 1.94. The van der Waals surface area contributed by atoms with Crippen molar-refractivity contribution in [2.75, 3.05) is 26.2 Å². The van der Waals surface area contributed by atoms with Crippen molar-refractivity contribution in [1.82, 2.24) is 10.6 Å². The predicted molar refractivity (Wildman–Crippen MR) is 65.7 cm³/mol. The van der Waals surface area contributed by atoms with E-state index in [9.17, 15) is 0 Å². The van der Waals surface area contributed by atoms with Crippen LogP contribution in [0, 0.1) is 0 Å². The van der Waals surface area contributed by atoms with Crippen LogP contribution < -0.4 is 10.6 Å². The van der Waals surface area contributed by atoms with Crippen molar-refractivity contribution < 1.29 is 0 Å². The number of rotatable bonds is 5. The van der Waals surface area contributed by atoms with E-state index in [4.69, 9.17) is 0 Å². The van der Waals surface area contributed by atoms with Gasteiger partial charge in [-0.2, -0.15) is 0 Å². The summed E-state index contributed by atoms with van der Waals surface area (Å²) in [7, 11) is 0. The Bertz CT molecular complexity index is 266. The molecule has 0 aromatic heterocycles. The zero-order valence-electron chi connectivity index (χ0n) is 9.58. The number of nitrogens with zero attached hydrogens (tertiary/aromatic N) is 2. The largest absolute Gasteiger partial charge is 0.371 e. The van der Waals surface area contributed by atoms with Crippen molar-refractivity contribution in [3.63, 3.8) is 0 Å². The van der Waals surface area contributed by atoms with Crippen LogP contribution in [0.5, 0.6) is 0 Å². The molecule has 84 valence electrons. The molecular formula is C11H20N4. The molecule has 0 unspecified atom stereocenters. The van der Waals surface area contributed by atoms with Crippen molar-refractivity contribution in [1.29, 1.82) is 0 Å². The molecule has 0 bridgehead atoms. The van der Waals surface area contributed by atoms with Gasteiger partial charge in [0.1, 0.15) is 5.84 Å². The topological polar surface area (TPSA) is 48.8 Å². The van der Waals surface area contributed by atoms with Crippen molar-refractivity contribution in [2.24, 2.45) is 9.98 Å². The third kappa shape index (κ3) is 5.32. The lowest BCUT2D eigenvalue weighted by molar-refractivity contribution is 0.658. The Balaban J connectivity index is 2.19. The van der Waals surface area contributed by atoms with Gasteiger partial charge in [0.05, 0.1) is 6.54 Å². The summed E-state index contributed by atoms with van der Waals surface area (Å²) < 4.78 is 0. The van der Waals surface area contributed by atoms with Crippen LogP contribution in [0.15, 0.2) is 21.8 Å². The molecule has 0 atom stereocenters. The molecule has 0 aliphatic carbocycles. The molecule has 0 amide bonds. The third-order valence-corrected chi connectivity index (χ3v) is 2.02. The Morgan fingerprint density at radius 1 is 1.33 bits per heavy atom. The van der Waals surface area contributed by atoms with Crippen molar-refractivity contribution >= 4 is 12.1 Å². The highest BCUT2D eigenvalue weighted by molar-refractivity contribution is 5.89. The maximum atomic E-state index is 4.31. The highest BCUT2D eigenvalue weighted by atomic mass is 15.0. The zero-order valence-corrected chi connectivity index (χ0v) is 9.58. The second kappa shape index (κ2) is 7.17. The molecule has 1 rings (SSSR count). The molecule has 0 spiro atoms. The first-order chi connectivity index (χ1) is 7.33. The normalized spacial score (nSPS) is 15.6. The molecule has 0 aromatic rings. The second-order valence-corrected chi connectivity index (χ2v) is 3.60. The van der Waals surface area contributed by atoms with Gasteiger partial charge in [0.2, 0.25) is 0 Å². The summed E-state index contributed by atoms with van der Waals surface area (Å²) in [5.41, 5.74) is 1.09. The fraction of sp³-hybridized carbons (Fsp3) is 0.636. The molecule has 1 aliphatic heterocycles. The Morgan fingerprint density at radius 2 is 2.20 bits per heavy atom. The van der Waals surface area contributed by atoms with Gasteiger partial charge < -0.3 is 10.6 Å². The fourth-order valence-corrected chi connectivity index (χ4v) is 1.23. The van der Waals surface area contributed by atoms with Gasteiger partial charge in [0.15, 0.2) is 0 Å². The lowest BCUT2D eigenvalue weighted by Gasteiger charge is -2.07. The lowest BCUT2D eigenvalue weighted by atomic mass is 10.4. The average Bonchev–Trinajstić information content (AvgIpc) is 2.43. The summed E-state index contributed by atoms with van der Waals surface area (Å²) in [4.78, 5) is 8.55. The van der Waals surface area contributed by atoms with Crippen LogP contribution in [-0.2, 0) is 0 Å². The van der Waals surface area contributed by atoms with E-state index >= 15 is 0 Å². The molecule has 4 heteroatoms. The van der Waals surface area contributed by atoms with Gasteiger partial charge in [-0.25, -0.2) is 4.99 Å². The van der Waals surface area contributed by atoms with Crippen LogP contribution >= 0.6 is 0 Å². The van der Waals surface area contributed by atoms with Crippen molar-refractivity contribution in [3.05, 3.63) is 11.8 Å². The first-order valence-electron chi connectivity index (χ1n) is 5.50. The third-order valence-electron chi connectivity index (χ3n) is 2.02. The summed E-state index contributed by atoms with van der Waals surface area (Å²) in [5.74, 6) is 0.946. The highest BCUT2D eigenvalue weighted by Gasteiger charge is 1.98. The minimum atomic E-state index is 0.654. The number of aliphatic imine (C=N–C) groups is 2. The van der Waals surface area contributed by atoms with Crippen LogP contribution in [0.25, 0.3) is 0 Å². The minimum Gasteiger partial charge on any atom is -0.371 e. The number of amidine groups is 1. The number of hydrogen-bond donors (Lipinski definition) is 2. The van der Waals surface area contributed by atoms with Crippen LogP contribution in [-0.4, -0.2) is 38.2 Å². The van der Waals surface area contributed by atoms with Crippen LogP contribution in [0.4, 0.5) is 0 Å². The first-order valence-corrected chi connectivity index (χ1v) is 5.50. The Kier molecular flexibility index (Phi) is 5.70. The van der Waals surface area contributed by atoms with E-state index in [1.54, 1.807) is 0 Å². The second-order valence-electron chi connectivity index (χ2n) is 3.60. The van der Waals surface area contributed by atoms with E-state index in [1.165, 1.54) is 6.42 Å². The van der Waals surface area contributed by atoms with E-state index in [0.29, 0.717) is 6.54 Å². The predicted octanol–water partition coefficient (Wildman–Crippen LogP) is 0.962. The van der Waals surface area contributed by atoms with E-state index in [0.717, 1.165) is 31.0 Å². The molecule has 2 N–H and O–H groups in total.